The summed E-state index contributed by atoms with van der Waals surface area (Å²) in [6.45, 7) is 4.69. The average molecular weight is 733 g/mol. The number of hydrogen-bond acceptors (Lipinski definition) is 2. The summed E-state index contributed by atoms with van der Waals surface area (Å²) in [7, 11) is 0. The molecule has 0 spiro atoms. The summed E-state index contributed by atoms with van der Waals surface area (Å²) in [6, 6.07) is 37.6. The van der Waals surface area contributed by atoms with Crippen molar-refractivity contribution in [3.05, 3.63) is 127 Å². The third-order valence-corrected chi connectivity index (χ3v) is 11.3. The zero-order valence-electron chi connectivity index (χ0n) is 22.5. The van der Waals surface area contributed by atoms with E-state index in [4.69, 9.17) is 4.98 Å². The Morgan fingerprint density at radius 1 is 0.658 bits per heavy atom. The van der Waals surface area contributed by atoms with E-state index in [0.717, 1.165) is 22.5 Å². The maximum atomic E-state index is 4.74. The van der Waals surface area contributed by atoms with Crippen molar-refractivity contribution in [1.29, 1.82) is 0 Å². The first-order chi connectivity index (χ1) is 17.7. The summed E-state index contributed by atoms with van der Waals surface area (Å²) >= 11 is -1.84. The molecule has 0 N–H and O–H groups in total. The van der Waals surface area contributed by atoms with Crippen LogP contribution in [-0.2, 0) is 25.5 Å². The van der Waals surface area contributed by atoms with Gasteiger partial charge in [0.05, 0.1) is 0 Å². The van der Waals surface area contributed by atoms with Gasteiger partial charge >= 0.3 is 153 Å². The number of hydrogen-bond donors (Lipinski definition) is 0. The Hall–Kier alpha value is -2.85. The number of nitrogens with zero attached hydrogens (tertiary/aromatic N) is 2. The summed E-state index contributed by atoms with van der Waals surface area (Å²) in [5, 5.41) is 0. The van der Waals surface area contributed by atoms with Crippen LogP contribution >= 0.6 is 0 Å². The van der Waals surface area contributed by atoms with Gasteiger partial charge in [-0.05, 0) is 11.8 Å². The minimum atomic E-state index is -1.84. The molecule has 0 aliphatic heterocycles. The average Bonchev–Trinajstić information content (AvgIpc) is 3.16. The Labute approximate surface area is 243 Å². The third-order valence-electron chi connectivity index (χ3n) is 7.06. The summed E-state index contributed by atoms with van der Waals surface area (Å²) in [6.07, 6.45) is 3.84. The summed E-state index contributed by atoms with van der Waals surface area (Å²) in [5.74, 6) is 7.38. The SMILES string of the molecule is CC1(C)c2c[c]([Ge]([CH3])([CH3])[CH3])ccc2-c2cnc(-c3[c-]cccc3)cc21.[Ir].[c-]1ccccc1-c1ccccn1. The van der Waals surface area contributed by atoms with Crippen LogP contribution in [0.3, 0.4) is 0 Å². The maximum Gasteiger partial charge on any atom is 0.0160 e. The van der Waals surface area contributed by atoms with E-state index in [1.807, 2.05) is 60.7 Å². The fraction of sp³-hybridized carbons (Fsp3) is 0.176. The van der Waals surface area contributed by atoms with Crippen molar-refractivity contribution < 1.29 is 20.1 Å². The van der Waals surface area contributed by atoms with E-state index in [-0.39, 0.29) is 25.5 Å². The molecule has 0 atom stereocenters. The molecule has 0 amide bonds. The molecule has 193 valence electrons. The number of aromatic nitrogens is 2. The molecule has 38 heavy (non-hydrogen) atoms. The number of pyridine rings is 2. The molecule has 5 aromatic rings. The first-order valence-corrected chi connectivity index (χ1v) is 20.1. The Bertz CT molecular complexity index is 1470. The van der Waals surface area contributed by atoms with Gasteiger partial charge < -0.3 is 4.98 Å². The van der Waals surface area contributed by atoms with E-state index >= 15 is 0 Å². The maximum absolute atomic E-state index is 4.74. The van der Waals surface area contributed by atoms with Crippen LogP contribution in [0, 0.1) is 12.1 Å². The van der Waals surface area contributed by atoms with Crippen LogP contribution < -0.4 is 4.40 Å². The molecule has 0 bridgehead atoms. The van der Waals surface area contributed by atoms with Crippen LogP contribution in [0.2, 0.25) is 17.3 Å². The predicted octanol–water partition coefficient (Wildman–Crippen LogP) is 7.95. The zero-order chi connectivity index (χ0) is 26.0. The molecule has 6 rings (SSSR count). The van der Waals surface area contributed by atoms with Crippen molar-refractivity contribution in [1.82, 2.24) is 9.97 Å². The zero-order valence-corrected chi connectivity index (χ0v) is 27.0. The second-order valence-corrected chi connectivity index (χ2v) is 21.7. The second-order valence-electron chi connectivity index (χ2n) is 11.0. The molecule has 0 saturated heterocycles. The van der Waals surface area contributed by atoms with Gasteiger partial charge in [0.15, 0.2) is 0 Å². The Morgan fingerprint density at radius 2 is 1.29 bits per heavy atom. The standard InChI is InChI=1S/C23H24GeN.C11H8N.Ir/c1-23(2)20-13-17(24(3,4)5)11-12-18(20)19-15-25-22(14-21(19)23)16-9-7-6-8-10-16;1-2-6-10(7-3-1)11-8-4-5-9-12-11;/h6-9,11-15H,1-5H3;1-6,8-9H;/q2*-1;. The molecule has 2 heterocycles. The molecule has 1 radical (unpaired) electrons. The number of rotatable bonds is 3. The predicted molar refractivity (Wildman–Crippen MR) is 158 cm³/mol. The van der Waals surface area contributed by atoms with E-state index in [0.29, 0.717) is 0 Å². The van der Waals surface area contributed by atoms with E-state index in [1.165, 1.54) is 22.3 Å². The van der Waals surface area contributed by atoms with Gasteiger partial charge in [-0.1, -0.05) is 12.1 Å². The van der Waals surface area contributed by atoms with Crippen LogP contribution in [0.4, 0.5) is 0 Å². The fourth-order valence-electron chi connectivity index (χ4n) is 4.87. The first kappa shape index (κ1) is 28.2. The molecule has 2 aromatic heterocycles. The Morgan fingerprint density at radius 3 is 1.87 bits per heavy atom. The van der Waals surface area contributed by atoms with Crippen LogP contribution in [0.1, 0.15) is 25.0 Å². The molecule has 3 aromatic carbocycles. The van der Waals surface area contributed by atoms with Gasteiger partial charge in [0.1, 0.15) is 0 Å². The Balaban J connectivity index is 0.000000218. The Kier molecular flexibility index (Phi) is 8.52. The largest absolute Gasteiger partial charge is 0.305 e. The normalized spacial score (nSPS) is 12.9. The minimum Gasteiger partial charge on any atom is -0.305 e. The van der Waals surface area contributed by atoms with Crippen LogP contribution in [0.15, 0.2) is 103 Å². The van der Waals surface area contributed by atoms with Gasteiger partial charge in [-0.25, -0.2) is 0 Å². The van der Waals surface area contributed by atoms with Gasteiger partial charge in [-0.2, -0.15) is 0 Å². The van der Waals surface area contributed by atoms with Crippen molar-refractivity contribution in [2.45, 2.75) is 36.5 Å². The van der Waals surface area contributed by atoms with E-state index in [9.17, 15) is 0 Å². The number of benzene rings is 3. The topological polar surface area (TPSA) is 25.8 Å². The van der Waals surface area contributed by atoms with Crippen molar-refractivity contribution in [2.24, 2.45) is 0 Å². The van der Waals surface area contributed by atoms with Gasteiger partial charge in [0.2, 0.25) is 0 Å². The summed E-state index contributed by atoms with van der Waals surface area (Å²) < 4.78 is 1.57. The monoisotopic (exact) mass is 735 g/mol. The summed E-state index contributed by atoms with van der Waals surface area (Å²) in [5.41, 5.74) is 9.56. The van der Waals surface area contributed by atoms with Crippen molar-refractivity contribution >= 4 is 17.7 Å². The van der Waals surface area contributed by atoms with E-state index in [2.05, 4.69) is 84.8 Å². The molecule has 2 nitrogen and oxygen atoms in total. The minimum absolute atomic E-state index is 0. The summed E-state index contributed by atoms with van der Waals surface area (Å²) in [4.78, 5) is 8.95. The third kappa shape index (κ3) is 5.76. The second kappa shape index (κ2) is 11.5. The molecule has 4 heteroatoms. The fourth-order valence-corrected chi connectivity index (χ4v) is 7.30. The van der Waals surface area contributed by atoms with Gasteiger partial charge in [-0.3, -0.25) is 0 Å². The smallest absolute Gasteiger partial charge is 0.0160 e. The molecular formula is C34H32GeIrN2-2. The van der Waals surface area contributed by atoms with Gasteiger partial charge in [0.25, 0.3) is 0 Å². The van der Waals surface area contributed by atoms with Crippen molar-refractivity contribution in [2.75, 3.05) is 0 Å². The molecule has 0 saturated carbocycles. The number of fused-ring (bicyclic) bond motifs is 3. The van der Waals surface area contributed by atoms with E-state index in [1.54, 1.807) is 10.6 Å². The molecule has 0 unspecified atom stereocenters. The molecule has 1 aliphatic carbocycles. The van der Waals surface area contributed by atoms with Gasteiger partial charge in [0, 0.05) is 26.3 Å². The van der Waals surface area contributed by atoms with Crippen molar-refractivity contribution in [3.8, 4) is 33.6 Å². The molecular weight excluding hydrogens is 701 g/mol. The quantitative estimate of drug-likeness (QED) is 0.139. The van der Waals surface area contributed by atoms with Crippen LogP contribution in [-0.4, -0.2) is 23.2 Å². The molecule has 0 fully saturated rings. The van der Waals surface area contributed by atoms with Crippen LogP contribution in [0.25, 0.3) is 33.6 Å². The van der Waals surface area contributed by atoms with Crippen molar-refractivity contribution in [3.63, 3.8) is 0 Å². The van der Waals surface area contributed by atoms with Gasteiger partial charge in [-0.15, -0.1) is 35.9 Å². The van der Waals surface area contributed by atoms with E-state index < -0.39 is 13.3 Å². The first-order valence-electron chi connectivity index (χ1n) is 12.8. The van der Waals surface area contributed by atoms with Crippen LogP contribution in [0.5, 0.6) is 0 Å². The molecule has 1 aliphatic rings.